The molecule has 5 heteroatoms. The Labute approximate surface area is 120 Å². The molecule has 0 saturated carbocycles. The second kappa shape index (κ2) is 5.50. The van der Waals surface area contributed by atoms with Gasteiger partial charge in [-0.15, -0.1) is 0 Å². The van der Waals surface area contributed by atoms with Crippen molar-refractivity contribution in [2.75, 3.05) is 0 Å². The van der Waals surface area contributed by atoms with E-state index < -0.39 is 5.91 Å². The maximum atomic E-state index is 10.9. The van der Waals surface area contributed by atoms with Gasteiger partial charge in [0.25, 0.3) is 5.91 Å². The van der Waals surface area contributed by atoms with Crippen LogP contribution >= 0.6 is 0 Å². The topological polar surface area (TPSA) is 87.6 Å². The largest absolute Gasteiger partial charge is 0.366 e. The van der Waals surface area contributed by atoms with Gasteiger partial charge in [0.1, 0.15) is 0 Å². The van der Waals surface area contributed by atoms with Crippen molar-refractivity contribution in [3.63, 3.8) is 0 Å². The van der Waals surface area contributed by atoms with E-state index in [2.05, 4.69) is 15.2 Å². The molecule has 0 saturated heterocycles. The highest BCUT2D eigenvalue weighted by Crippen LogP contribution is 2.16. The Morgan fingerprint density at radius 1 is 1.00 bits per heavy atom. The van der Waals surface area contributed by atoms with Gasteiger partial charge in [-0.3, -0.25) is 9.89 Å². The molecule has 5 nitrogen and oxygen atoms in total. The number of aromatic nitrogens is 3. The van der Waals surface area contributed by atoms with Crippen LogP contribution in [0.5, 0.6) is 0 Å². The molecule has 1 amide bonds. The lowest BCUT2D eigenvalue weighted by Crippen LogP contribution is -2.09. The fourth-order valence-corrected chi connectivity index (χ4v) is 2.16. The van der Waals surface area contributed by atoms with E-state index in [4.69, 9.17) is 5.73 Å². The number of primary amides is 1. The van der Waals surface area contributed by atoms with Crippen LogP contribution in [0.4, 0.5) is 0 Å². The SMILES string of the molecule is NC(=O)c1c[nH]c2ccccc12.c1ccc2[nH]ncc2c1. The first-order valence-corrected chi connectivity index (χ1v) is 6.50. The van der Waals surface area contributed by atoms with Gasteiger partial charge in [0.2, 0.25) is 0 Å². The second-order valence-electron chi connectivity index (χ2n) is 4.57. The van der Waals surface area contributed by atoms with Gasteiger partial charge in [0, 0.05) is 22.5 Å². The normalized spacial score (nSPS) is 10.3. The summed E-state index contributed by atoms with van der Waals surface area (Å²) in [6.07, 6.45) is 3.45. The number of fused-ring (bicyclic) bond motifs is 2. The van der Waals surface area contributed by atoms with Crippen molar-refractivity contribution in [2.24, 2.45) is 5.73 Å². The summed E-state index contributed by atoms with van der Waals surface area (Å²) in [5.74, 6) is -0.396. The smallest absolute Gasteiger partial charge is 0.250 e. The first-order valence-electron chi connectivity index (χ1n) is 6.50. The van der Waals surface area contributed by atoms with E-state index >= 15 is 0 Å². The van der Waals surface area contributed by atoms with Crippen LogP contribution in [0.2, 0.25) is 0 Å². The van der Waals surface area contributed by atoms with Crippen molar-refractivity contribution in [3.8, 4) is 0 Å². The molecule has 0 radical (unpaired) electrons. The van der Waals surface area contributed by atoms with Crippen molar-refractivity contribution in [1.29, 1.82) is 0 Å². The molecule has 4 rings (SSSR count). The maximum absolute atomic E-state index is 10.9. The average Bonchev–Trinajstić information content (AvgIpc) is 3.14. The molecule has 0 atom stereocenters. The summed E-state index contributed by atoms with van der Waals surface area (Å²) in [4.78, 5) is 13.8. The minimum Gasteiger partial charge on any atom is -0.366 e. The average molecular weight is 278 g/mol. The zero-order valence-electron chi connectivity index (χ0n) is 11.2. The van der Waals surface area contributed by atoms with Crippen molar-refractivity contribution < 1.29 is 4.79 Å². The number of nitrogens with one attached hydrogen (secondary N) is 2. The standard InChI is InChI=1S/C9H8N2O.C7H6N2/c10-9(12)7-5-11-8-4-2-1-3-6(7)8;1-2-4-7-6(3-1)5-8-9-7/h1-5,11H,(H2,10,12);1-5H,(H,8,9). The summed E-state index contributed by atoms with van der Waals surface area (Å²) in [5.41, 5.74) is 7.74. The van der Waals surface area contributed by atoms with Gasteiger partial charge in [-0.05, 0) is 12.1 Å². The highest BCUT2D eigenvalue weighted by Gasteiger charge is 2.06. The number of hydrogen-bond donors (Lipinski definition) is 3. The van der Waals surface area contributed by atoms with Gasteiger partial charge in [0.05, 0.1) is 17.3 Å². The predicted molar refractivity (Wildman–Crippen MR) is 82.9 cm³/mol. The van der Waals surface area contributed by atoms with Crippen LogP contribution in [0, 0.1) is 0 Å². The van der Waals surface area contributed by atoms with Gasteiger partial charge >= 0.3 is 0 Å². The lowest BCUT2D eigenvalue weighted by molar-refractivity contribution is 0.100. The molecule has 0 bridgehead atoms. The van der Waals surface area contributed by atoms with Crippen LogP contribution in [0.3, 0.4) is 0 Å². The molecular formula is C16H14N4O. The van der Waals surface area contributed by atoms with E-state index in [0.29, 0.717) is 5.56 Å². The number of nitrogens with two attached hydrogens (primary N) is 1. The molecule has 2 aromatic heterocycles. The van der Waals surface area contributed by atoms with Crippen LogP contribution in [0.1, 0.15) is 10.4 Å². The number of aromatic amines is 2. The molecule has 0 aliphatic rings. The summed E-state index contributed by atoms with van der Waals surface area (Å²) in [6, 6.07) is 15.6. The van der Waals surface area contributed by atoms with E-state index in [9.17, 15) is 4.79 Å². The van der Waals surface area contributed by atoms with Crippen molar-refractivity contribution in [3.05, 3.63) is 66.5 Å². The molecule has 0 unspecified atom stereocenters. The van der Waals surface area contributed by atoms with E-state index in [0.717, 1.165) is 21.8 Å². The summed E-state index contributed by atoms with van der Waals surface area (Å²) in [5, 5.41) is 8.79. The summed E-state index contributed by atoms with van der Waals surface area (Å²) >= 11 is 0. The molecule has 0 fully saturated rings. The second-order valence-corrected chi connectivity index (χ2v) is 4.57. The van der Waals surface area contributed by atoms with E-state index in [1.54, 1.807) is 6.20 Å². The third kappa shape index (κ3) is 2.62. The lowest BCUT2D eigenvalue weighted by atomic mass is 10.2. The van der Waals surface area contributed by atoms with E-state index in [1.165, 1.54) is 0 Å². The highest BCUT2D eigenvalue weighted by atomic mass is 16.1. The van der Waals surface area contributed by atoms with Crippen LogP contribution < -0.4 is 5.73 Å². The van der Waals surface area contributed by atoms with Gasteiger partial charge < -0.3 is 10.7 Å². The lowest BCUT2D eigenvalue weighted by Gasteiger charge is -1.90. The number of benzene rings is 2. The monoisotopic (exact) mass is 278 g/mol. The minimum atomic E-state index is -0.396. The molecule has 4 N–H and O–H groups in total. The van der Waals surface area contributed by atoms with Gasteiger partial charge in [0.15, 0.2) is 0 Å². The Bertz CT molecular complexity index is 861. The van der Waals surface area contributed by atoms with Crippen molar-refractivity contribution in [2.45, 2.75) is 0 Å². The number of carbonyl (C=O) groups excluding carboxylic acids is 1. The minimum absolute atomic E-state index is 0.396. The van der Waals surface area contributed by atoms with Crippen LogP contribution in [-0.4, -0.2) is 21.1 Å². The molecule has 0 aliphatic heterocycles. The first kappa shape index (κ1) is 12.9. The van der Waals surface area contributed by atoms with E-state index in [-0.39, 0.29) is 0 Å². The number of H-pyrrole nitrogens is 2. The quantitative estimate of drug-likeness (QED) is 0.500. The van der Waals surface area contributed by atoms with Crippen LogP contribution in [-0.2, 0) is 0 Å². The highest BCUT2D eigenvalue weighted by molar-refractivity contribution is 6.05. The fourth-order valence-electron chi connectivity index (χ4n) is 2.16. The number of para-hydroxylation sites is 2. The summed E-state index contributed by atoms with van der Waals surface area (Å²) in [7, 11) is 0. The van der Waals surface area contributed by atoms with Crippen LogP contribution in [0.15, 0.2) is 60.9 Å². The third-order valence-electron chi connectivity index (χ3n) is 3.20. The third-order valence-corrected chi connectivity index (χ3v) is 3.20. The Kier molecular flexibility index (Phi) is 3.39. The Hall–Kier alpha value is -3.08. The van der Waals surface area contributed by atoms with Crippen LogP contribution in [0.25, 0.3) is 21.8 Å². The van der Waals surface area contributed by atoms with Gasteiger partial charge in [-0.2, -0.15) is 5.10 Å². The predicted octanol–water partition coefficient (Wildman–Crippen LogP) is 2.83. The zero-order valence-corrected chi connectivity index (χ0v) is 11.2. The maximum Gasteiger partial charge on any atom is 0.250 e. The molecule has 4 aromatic rings. The van der Waals surface area contributed by atoms with Gasteiger partial charge in [-0.25, -0.2) is 0 Å². The summed E-state index contributed by atoms with van der Waals surface area (Å²) < 4.78 is 0. The zero-order chi connectivity index (χ0) is 14.7. The fraction of sp³-hybridized carbons (Fsp3) is 0. The number of carbonyl (C=O) groups is 1. The first-order chi connectivity index (χ1) is 10.3. The summed E-state index contributed by atoms with van der Waals surface area (Å²) in [6.45, 7) is 0. The molecule has 0 aliphatic carbocycles. The molecule has 21 heavy (non-hydrogen) atoms. The molecular weight excluding hydrogens is 264 g/mol. The molecule has 2 aromatic carbocycles. The number of amides is 1. The molecule has 2 heterocycles. The van der Waals surface area contributed by atoms with Crippen molar-refractivity contribution in [1.82, 2.24) is 15.2 Å². The van der Waals surface area contributed by atoms with Crippen molar-refractivity contribution >= 4 is 27.7 Å². The number of rotatable bonds is 1. The number of hydrogen-bond acceptors (Lipinski definition) is 2. The Morgan fingerprint density at radius 3 is 2.48 bits per heavy atom. The Morgan fingerprint density at radius 2 is 1.71 bits per heavy atom. The van der Waals surface area contributed by atoms with Gasteiger partial charge in [-0.1, -0.05) is 36.4 Å². The van der Waals surface area contributed by atoms with E-state index in [1.807, 2.05) is 54.7 Å². The Balaban J connectivity index is 0.000000131. The molecule has 0 spiro atoms. The molecule has 104 valence electrons. The number of nitrogens with zero attached hydrogens (tertiary/aromatic N) is 1.